The number of aromatic nitrogens is 3. The zero-order valence-corrected chi connectivity index (χ0v) is 20.1. The number of halogens is 1. The van der Waals surface area contributed by atoms with Gasteiger partial charge in [-0.3, -0.25) is 4.68 Å². The molecule has 1 unspecified atom stereocenters. The van der Waals surface area contributed by atoms with Gasteiger partial charge in [0.2, 0.25) is 0 Å². The third-order valence-corrected chi connectivity index (χ3v) is 6.07. The minimum atomic E-state index is -0.512. The molecule has 0 aliphatic heterocycles. The van der Waals surface area contributed by atoms with Gasteiger partial charge >= 0.3 is 0 Å². The number of anilines is 3. The van der Waals surface area contributed by atoms with Crippen LogP contribution >= 0.6 is 0 Å². The fraction of sp³-hybridized carbons (Fsp3) is 0.259. The molecule has 0 saturated carbocycles. The number of hydrogen-bond acceptors (Lipinski definition) is 6. The first-order valence-corrected chi connectivity index (χ1v) is 11.8. The highest BCUT2D eigenvalue weighted by Crippen LogP contribution is 2.29. The molecule has 0 fully saturated rings. The smallest absolute Gasteiger partial charge is 0.166 e. The zero-order valence-electron chi connectivity index (χ0n) is 20.1. The Morgan fingerprint density at radius 3 is 2.60 bits per heavy atom. The van der Waals surface area contributed by atoms with Gasteiger partial charge in [-0.25, -0.2) is 9.37 Å². The standard InChI is InChI=1S/C27H32FN7/c1-4-35-25-13-11-21(14-20(25)16-31-35)32-26-22(17(2)29)15-23(28)27(34-26)33-24(18(3)30)12-10-19-8-6-5-7-9-19/h5-9,11,13-16,18,24H,2,4,10,12,29-30H2,1,3H3,(H2,32,33,34)/t18-,24?/m0/s1. The molecule has 8 heteroatoms. The molecule has 0 saturated heterocycles. The van der Waals surface area contributed by atoms with Crippen LogP contribution in [0.5, 0.6) is 0 Å². The van der Waals surface area contributed by atoms with E-state index in [1.165, 1.54) is 11.6 Å². The lowest BCUT2D eigenvalue weighted by atomic mass is 10.0. The first-order valence-electron chi connectivity index (χ1n) is 11.8. The van der Waals surface area contributed by atoms with Crippen molar-refractivity contribution in [3.63, 3.8) is 0 Å². The average Bonchev–Trinajstić information content (AvgIpc) is 3.26. The largest absolute Gasteiger partial charge is 0.399 e. The summed E-state index contributed by atoms with van der Waals surface area (Å²) in [5, 5.41) is 11.9. The lowest BCUT2D eigenvalue weighted by Crippen LogP contribution is -2.38. The number of rotatable bonds is 10. The molecule has 4 rings (SSSR count). The van der Waals surface area contributed by atoms with Gasteiger partial charge in [-0.05, 0) is 56.5 Å². The van der Waals surface area contributed by atoms with Crippen LogP contribution in [0, 0.1) is 5.82 Å². The number of benzene rings is 2. The molecular weight excluding hydrogens is 441 g/mol. The van der Waals surface area contributed by atoms with Crippen LogP contribution in [0.4, 0.5) is 21.7 Å². The second kappa shape index (κ2) is 10.6. The van der Waals surface area contributed by atoms with Gasteiger partial charge in [-0.15, -0.1) is 0 Å². The Morgan fingerprint density at radius 1 is 1.14 bits per heavy atom. The minimum absolute atomic E-state index is 0.118. The number of pyridine rings is 1. The normalized spacial score (nSPS) is 12.9. The molecule has 2 heterocycles. The molecule has 6 N–H and O–H groups in total. The number of fused-ring (bicyclic) bond motifs is 1. The van der Waals surface area contributed by atoms with E-state index >= 15 is 4.39 Å². The van der Waals surface area contributed by atoms with Crippen molar-refractivity contribution in [3.8, 4) is 0 Å². The van der Waals surface area contributed by atoms with Crippen LogP contribution in [0.3, 0.4) is 0 Å². The van der Waals surface area contributed by atoms with Gasteiger partial charge in [0.05, 0.1) is 11.7 Å². The van der Waals surface area contributed by atoms with Crippen molar-refractivity contribution in [1.29, 1.82) is 0 Å². The molecular formula is C27H32FN7. The van der Waals surface area contributed by atoms with E-state index < -0.39 is 5.82 Å². The first kappa shape index (κ1) is 24.2. The number of nitrogens with two attached hydrogens (primary N) is 2. The SMILES string of the molecule is C=C(N)c1cc(F)c(NC(CCc2ccccc2)[C@H](C)N)nc1Nc1ccc2c(cnn2CC)c1. The van der Waals surface area contributed by atoms with Gasteiger partial charge in [-0.1, -0.05) is 36.9 Å². The molecule has 0 aliphatic rings. The monoisotopic (exact) mass is 473 g/mol. The van der Waals surface area contributed by atoms with Gasteiger partial charge in [0.25, 0.3) is 0 Å². The van der Waals surface area contributed by atoms with Crippen molar-refractivity contribution in [1.82, 2.24) is 14.8 Å². The van der Waals surface area contributed by atoms with E-state index in [2.05, 4.69) is 39.4 Å². The highest BCUT2D eigenvalue weighted by molar-refractivity contribution is 5.84. The highest BCUT2D eigenvalue weighted by atomic mass is 19.1. The summed E-state index contributed by atoms with van der Waals surface area (Å²) in [4.78, 5) is 4.55. The molecule has 2 aromatic carbocycles. The van der Waals surface area contributed by atoms with Crippen LogP contribution in [0.15, 0.2) is 67.4 Å². The minimum Gasteiger partial charge on any atom is -0.399 e. The maximum Gasteiger partial charge on any atom is 0.166 e. The predicted molar refractivity (Wildman–Crippen MR) is 142 cm³/mol. The van der Waals surface area contributed by atoms with Gasteiger partial charge < -0.3 is 22.1 Å². The molecule has 0 amide bonds. The fourth-order valence-electron chi connectivity index (χ4n) is 4.09. The van der Waals surface area contributed by atoms with E-state index in [9.17, 15) is 0 Å². The number of hydrogen-bond donors (Lipinski definition) is 4. The summed E-state index contributed by atoms with van der Waals surface area (Å²) in [6, 6.07) is 17.0. The van der Waals surface area contributed by atoms with E-state index in [-0.39, 0.29) is 23.6 Å². The molecule has 7 nitrogen and oxygen atoms in total. The van der Waals surface area contributed by atoms with Crippen LogP contribution < -0.4 is 22.1 Å². The molecule has 0 spiro atoms. The van der Waals surface area contributed by atoms with E-state index in [0.717, 1.165) is 36.0 Å². The van der Waals surface area contributed by atoms with Crippen LogP contribution in [-0.2, 0) is 13.0 Å². The third kappa shape index (κ3) is 5.60. The molecule has 182 valence electrons. The van der Waals surface area contributed by atoms with Crippen molar-refractivity contribution >= 4 is 33.9 Å². The van der Waals surface area contributed by atoms with E-state index in [4.69, 9.17) is 11.5 Å². The maximum absolute atomic E-state index is 15.1. The predicted octanol–water partition coefficient (Wildman–Crippen LogP) is 5.02. The van der Waals surface area contributed by atoms with Gasteiger partial charge in [-0.2, -0.15) is 5.10 Å². The quantitative estimate of drug-likeness (QED) is 0.258. The summed E-state index contributed by atoms with van der Waals surface area (Å²) in [6.45, 7) is 8.53. The highest BCUT2D eigenvalue weighted by Gasteiger charge is 2.19. The lowest BCUT2D eigenvalue weighted by Gasteiger charge is -2.24. The molecule has 2 atom stereocenters. The van der Waals surface area contributed by atoms with Gasteiger partial charge in [0.15, 0.2) is 11.6 Å². The third-order valence-electron chi connectivity index (χ3n) is 6.07. The van der Waals surface area contributed by atoms with Crippen LogP contribution in [0.1, 0.15) is 31.4 Å². The molecule has 4 aromatic rings. The van der Waals surface area contributed by atoms with E-state index in [1.807, 2.05) is 61.1 Å². The molecule has 0 aliphatic carbocycles. The Morgan fingerprint density at radius 2 is 1.91 bits per heavy atom. The average molecular weight is 474 g/mol. The summed E-state index contributed by atoms with van der Waals surface area (Å²) in [7, 11) is 0. The summed E-state index contributed by atoms with van der Waals surface area (Å²) in [5.41, 5.74) is 15.8. The summed E-state index contributed by atoms with van der Waals surface area (Å²) in [6.07, 6.45) is 3.36. The van der Waals surface area contributed by atoms with Crippen LogP contribution in [-0.4, -0.2) is 26.8 Å². The Labute approximate surface area is 205 Å². The van der Waals surface area contributed by atoms with Crippen molar-refractivity contribution in [2.24, 2.45) is 11.5 Å². The van der Waals surface area contributed by atoms with Crippen molar-refractivity contribution in [3.05, 3.63) is 84.3 Å². The fourth-order valence-corrected chi connectivity index (χ4v) is 4.09. The second-order valence-corrected chi connectivity index (χ2v) is 8.73. The number of nitrogens with zero attached hydrogens (tertiary/aromatic N) is 3. The Bertz CT molecular complexity index is 1310. The van der Waals surface area contributed by atoms with Gasteiger partial charge in [0, 0.05) is 41.0 Å². The Kier molecular flexibility index (Phi) is 7.31. The second-order valence-electron chi connectivity index (χ2n) is 8.73. The van der Waals surface area contributed by atoms with E-state index in [0.29, 0.717) is 11.4 Å². The topological polar surface area (TPSA) is 107 Å². The van der Waals surface area contributed by atoms with Crippen molar-refractivity contribution < 1.29 is 4.39 Å². The maximum atomic E-state index is 15.1. The zero-order chi connectivity index (χ0) is 24.9. The van der Waals surface area contributed by atoms with Crippen molar-refractivity contribution in [2.45, 2.75) is 45.3 Å². The molecule has 2 aromatic heterocycles. The molecule has 0 bridgehead atoms. The Hall–Kier alpha value is -3.91. The molecule has 35 heavy (non-hydrogen) atoms. The van der Waals surface area contributed by atoms with Crippen molar-refractivity contribution in [2.75, 3.05) is 10.6 Å². The lowest BCUT2D eigenvalue weighted by molar-refractivity contribution is 0.545. The first-order chi connectivity index (χ1) is 16.9. The molecule has 0 radical (unpaired) electrons. The van der Waals surface area contributed by atoms with Crippen LogP contribution in [0.2, 0.25) is 0 Å². The summed E-state index contributed by atoms with van der Waals surface area (Å²) < 4.78 is 17.0. The summed E-state index contributed by atoms with van der Waals surface area (Å²) >= 11 is 0. The summed E-state index contributed by atoms with van der Waals surface area (Å²) in [5.74, 6) is 0.0186. The number of aryl methyl sites for hydroxylation is 2. The van der Waals surface area contributed by atoms with Crippen LogP contribution in [0.25, 0.3) is 16.6 Å². The number of nitrogens with one attached hydrogen (secondary N) is 2. The van der Waals surface area contributed by atoms with E-state index in [1.54, 1.807) is 0 Å². The Balaban J connectivity index is 1.60. The van der Waals surface area contributed by atoms with Gasteiger partial charge in [0.1, 0.15) is 5.82 Å².